The highest BCUT2D eigenvalue weighted by atomic mass is 16.6. The van der Waals surface area contributed by atoms with E-state index in [-0.39, 0.29) is 0 Å². The van der Waals surface area contributed by atoms with Gasteiger partial charge < -0.3 is 62.6 Å². The van der Waals surface area contributed by atoms with Crippen LogP contribution < -0.4 is 10.5 Å². The molecule has 0 saturated carbocycles. The quantitative estimate of drug-likeness (QED) is 0.0656. The molecule has 0 aliphatic carbocycles. The van der Waals surface area contributed by atoms with E-state index in [1.165, 1.54) is 0 Å². The molecule has 1 rings (SSSR count). The predicted octanol–water partition coefficient (Wildman–Crippen LogP) is 2.02. The zero-order chi connectivity index (χ0) is 31.4. The third-order valence-corrected chi connectivity index (χ3v) is 5.33. The SMILES string of the molecule is C=CCOCCOCCOCCOCCOCCOCCOCCOCCOCCOCCOCCOc1ccc(N)cc1. The molecule has 44 heavy (non-hydrogen) atoms. The fourth-order valence-corrected chi connectivity index (χ4v) is 3.15. The van der Waals surface area contributed by atoms with Gasteiger partial charge in [0.1, 0.15) is 12.4 Å². The Balaban J connectivity index is 1.62. The lowest BCUT2D eigenvalue weighted by Gasteiger charge is -2.09. The van der Waals surface area contributed by atoms with Crippen molar-refractivity contribution in [1.29, 1.82) is 0 Å². The third kappa shape index (κ3) is 30.2. The summed E-state index contributed by atoms with van der Waals surface area (Å²) < 4.78 is 65.3. The predicted molar refractivity (Wildman–Crippen MR) is 166 cm³/mol. The van der Waals surface area contributed by atoms with Crippen molar-refractivity contribution in [3.63, 3.8) is 0 Å². The summed E-state index contributed by atoms with van der Waals surface area (Å²) in [5.74, 6) is 0.772. The summed E-state index contributed by atoms with van der Waals surface area (Å²) in [6.45, 7) is 15.4. The van der Waals surface area contributed by atoms with Gasteiger partial charge in [0.2, 0.25) is 0 Å². The molecule has 256 valence electrons. The van der Waals surface area contributed by atoms with E-state index in [4.69, 9.17) is 62.6 Å². The van der Waals surface area contributed by atoms with Crippen molar-refractivity contribution in [2.75, 3.05) is 158 Å². The van der Waals surface area contributed by atoms with E-state index in [1.54, 1.807) is 18.2 Å². The lowest BCUT2D eigenvalue weighted by molar-refractivity contribution is -0.0275. The van der Waals surface area contributed by atoms with Crippen LogP contribution in [0.1, 0.15) is 0 Å². The van der Waals surface area contributed by atoms with Gasteiger partial charge in [-0.05, 0) is 24.3 Å². The molecule has 0 unspecified atom stereocenters. The maximum atomic E-state index is 5.64. The zero-order valence-corrected chi connectivity index (χ0v) is 26.3. The summed E-state index contributed by atoms with van der Waals surface area (Å²) in [6.07, 6.45) is 1.71. The van der Waals surface area contributed by atoms with Crippen molar-refractivity contribution in [3.8, 4) is 5.75 Å². The first-order chi connectivity index (χ1) is 21.8. The number of anilines is 1. The first kappa shape index (κ1) is 40.1. The lowest BCUT2D eigenvalue weighted by atomic mass is 10.3. The van der Waals surface area contributed by atoms with Gasteiger partial charge >= 0.3 is 0 Å². The molecule has 13 heteroatoms. The average Bonchev–Trinajstić information content (AvgIpc) is 3.03. The lowest BCUT2D eigenvalue weighted by Crippen LogP contribution is -2.15. The van der Waals surface area contributed by atoms with Crippen LogP contribution in [0.5, 0.6) is 5.75 Å². The molecule has 0 amide bonds. The van der Waals surface area contributed by atoms with Gasteiger partial charge in [0.05, 0.1) is 145 Å². The molecule has 0 saturated heterocycles. The second-order valence-electron chi connectivity index (χ2n) is 8.90. The maximum Gasteiger partial charge on any atom is 0.119 e. The van der Waals surface area contributed by atoms with Crippen molar-refractivity contribution in [2.24, 2.45) is 0 Å². The van der Waals surface area contributed by atoms with Crippen molar-refractivity contribution >= 4 is 5.69 Å². The largest absolute Gasteiger partial charge is 0.491 e. The highest BCUT2D eigenvalue weighted by molar-refractivity contribution is 5.41. The van der Waals surface area contributed by atoms with E-state index in [0.717, 1.165) is 5.75 Å². The normalized spacial score (nSPS) is 11.3. The Kier molecular flexibility index (Phi) is 31.0. The van der Waals surface area contributed by atoms with Gasteiger partial charge in [-0.2, -0.15) is 0 Å². The highest BCUT2D eigenvalue weighted by Gasteiger charge is 1.97. The molecular formula is C31H55NO12. The van der Waals surface area contributed by atoms with E-state index in [9.17, 15) is 0 Å². The standard InChI is InChI=1S/C31H55NO12/c1-2-7-33-8-9-34-10-11-35-12-13-36-14-15-37-16-17-38-18-19-39-20-21-40-22-23-41-24-25-42-26-27-43-28-29-44-31-5-3-30(32)4-6-31/h2-6H,1,7-29,32H2. The van der Waals surface area contributed by atoms with E-state index in [1.807, 2.05) is 12.1 Å². The molecule has 0 heterocycles. The van der Waals surface area contributed by atoms with Crippen LogP contribution in [0.2, 0.25) is 0 Å². The van der Waals surface area contributed by atoms with Gasteiger partial charge in [-0.25, -0.2) is 0 Å². The van der Waals surface area contributed by atoms with Crippen LogP contribution in [0.15, 0.2) is 36.9 Å². The van der Waals surface area contributed by atoms with Crippen LogP contribution in [0.4, 0.5) is 5.69 Å². The minimum atomic E-state index is 0.476. The van der Waals surface area contributed by atoms with E-state index >= 15 is 0 Å². The molecule has 0 fully saturated rings. The van der Waals surface area contributed by atoms with Gasteiger partial charge in [0.15, 0.2) is 0 Å². The van der Waals surface area contributed by atoms with Gasteiger partial charge in [-0.1, -0.05) is 6.08 Å². The third-order valence-electron chi connectivity index (χ3n) is 5.33. The summed E-state index contributed by atoms with van der Waals surface area (Å²) in [7, 11) is 0. The Morgan fingerprint density at radius 2 is 0.636 bits per heavy atom. The Bertz CT molecular complexity index is 713. The summed E-state index contributed by atoms with van der Waals surface area (Å²) in [6, 6.07) is 7.26. The molecule has 13 nitrogen and oxygen atoms in total. The second kappa shape index (κ2) is 34.0. The minimum absolute atomic E-state index is 0.476. The molecule has 0 aliphatic heterocycles. The van der Waals surface area contributed by atoms with Crippen molar-refractivity contribution in [3.05, 3.63) is 36.9 Å². The van der Waals surface area contributed by atoms with Crippen LogP contribution >= 0.6 is 0 Å². The Morgan fingerprint density at radius 1 is 0.386 bits per heavy atom. The Hall–Kier alpha value is -1.88. The number of nitrogens with two attached hydrogens (primary N) is 1. The van der Waals surface area contributed by atoms with Gasteiger partial charge in [-0.15, -0.1) is 6.58 Å². The van der Waals surface area contributed by atoms with E-state index in [0.29, 0.717) is 158 Å². The average molecular weight is 634 g/mol. The molecular weight excluding hydrogens is 578 g/mol. The number of ether oxygens (including phenoxy) is 12. The van der Waals surface area contributed by atoms with E-state index in [2.05, 4.69) is 6.58 Å². The van der Waals surface area contributed by atoms with Crippen LogP contribution in [0.3, 0.4) is 0 Å². The number of benzene rings is 1. The van der Waals surface area contributed by atoms with Gasteiger partial charge in [0.25, 0.3) is 0 Å². The zero-order valence-electron chi connectivity index (χ0n) is 26.3. The molecule has 0 aliphatic rings. The summed E-state index contributed by atoms with van der Waals surface area (Å²) in [4.78, 5) is 0. The fraction of sp³-hybridized carbons (Fsp3) is 0.742. The molecule has 2 N–H and O–H groups in total. The molecule has 0 atom stereocenters. The molecule has 0 aromatic heterocycles. The Morgan fingerprint density at radius 3 is 0.909 bits per heavy atom. The summed E-state index contributed by atoms with van der Waals surface area (Å²) >= 11 is 0. The molecule has 0 radical (unpaired) electrons. The second-order valence-corrected chi connectivity index (χ2v) is 8.90. The van der Waals surface area contributed by atoms with E-state index < -0.39 is 0 Å². The summed E-state index contributed by atoms with van der Waals surface area (Å²) in [5, 5.41) is 0. The molecule has 1 aromatic rings. The fourth-order valence-electron chi connectivity index (χ4n) is 3.15. The maximum absolute atomic E-state index is 5.64. The first-order valence-electron chi connectivity index (χ1n) is 15.3. The molecule has 1 aromatic carbocycles. The van der Waals surface area contributed by atoms with Crippen LogP contribution in [0, 0.1) is 0 Å². The highest BCUT2D eigenvalue weighted by Crippen LogP contribution is 2.12. The topological polar surface area (TPSA) is 137 Å². The van der Waals surface area contributed by atoms with Gasteiger partial charge in [-0.3, -0.25) is 0 Å². The van der Waals surface area contributed by atoms with Crippen LogP contribution in [0.25, 0.3) is 0 Å². The van der Waals surface area contributed by atoms with Crippen molar-refractivity contribution in [1.82, 2.24) is 0 Å². The molecule has 0 bridgehead atoms. The van der Waals surface area contributed by atoms with Gasteiger partial charge in [0, 0.05) is 5.69 Å². The monoisotopic (exact) mass is 633 g/mol. The van der Waals surface area contributed by atoms with Crippen molar-refractivity contribution in [2.45, 2.75) is 0 Å². The number of nitrogen functional groups attached to an aromatic ring is 1. The van der Waals surface area contributed by atoms with Crippen LogP contribution in [-0.4, -0.2) is 152 Å². The van der Waals surface area contributed by atoms with Crippen LogP contribution in [-0.2, 0) is 52.1 Å². The van der Waals surface area contributed by atoms with Crippen molar-refractivity contribution < 1.29 is 56.8 Å². The number of hydrogen-bond acceptors (Lipinski definition) is 13. The Labute approximate surface area is 263 Å². The summed E-state index contributed by atoms with van der Waals surface area (Å²) in [5.41, 5.74) is 6.35. The first-order valence-corrected chi connectivity index (χ1v) is 15.3. The smallest absolute Gasteiger partial charge is 0.119 e. The number of hydrogen-bond donors (Lipinski definition) is 1. The number of rotatable bonds is 36. The molecule has 0 spiro atoms. The minimum Gasteiger partial charge on any atom is -0.491 e.